The lowest BCUT2D eigenvalue weighted by molar-refractivity contribution is -0.910. The highest BCUT2D eigenvalue weighted by molar-refractivity contribution is 9.10. The molecule has 128 valence electrons. The van der Waals surface area contributed by atoms with Crippen LogP contribution in [-0.4, -0.2) is 24.0 Å². The number of halogens is 1. The van der Waals surface area contributed by atoms with Crippen molar-refractivity contribution in [2.45, 2.75) is 18.9 Å². The topological polar surface area (TPSA) is 46.4 Å². The second kappa shape index (κ2) is 7.23. The predicted molar refractivity (Wildman–Crippen MR) is 105 cm³/mol. The lowest BCUT2D eigenvalue weighted by Gasteiger charge is -2.19. The van der Waals surface area contributed by atoms with Gasteiger partial charge in [0.1, 0.15) is 6.04 Å². The van der Waals surface area contributed by atoms with E-state index in [2.05, 4.69) is 39.4 Å². The number of carbonyl (C=O) groups excluding carboxylic acids is 1. The maximum absolute atomic E-state index is 12.4. The van der Waals surface area contributed by atoms with Crippen molar-refractivity contribution < 1.29 is 9.69 Å². The normalized spacial score (nSPS) is 20.0. The molecular formula is C19H19BrN3OS+. The largest absolute Gasteiger partial charge is 0.321 e. The fourth-order valence-corrected chi connectivity index (χ4v) is 4.83. The molecule has 1 unspecified atom stereocenters. The number of fused-ring (bicyclic) bond motifs is 1. The predicted octanol–water partition coefficient (Wildman–Crippen LogP) is 3.42. The zero-order valence-electron chi connectivity index (χ0n) is 13.7. The summed E-state index contributed by atoms with van der Waals surface area (Å²) in [4.78, 5) is 18.6. The molecule has 0 bridgehead atoms. The third-order valence-electron chi connectivity index (χ3n) is 4.61. The number of amides is 1. The summed E-state index contributed by atoms with van der Waals surface area (Å²) in [5.74, 6) is 0.0605. The number of thiazole rings is 1. The third kappa shape index (κ3) is 3.76. The Bertz CT molecular complexity index is 860. The van der Waals surface area contributed by atoms with Gasteiger partial charge in [-0.15, -0.1) is 11.3 Å². The monoisotopic (exact) mass is 416 g/mol. The molecule has 2 atom stereocenters. The van der Waals surface area contributed by atoms with E-state index in [0.717, 1.165) is 40.1 Å². The van der Waals surface area contributed by atoms with Crippen molar-refractivity contribution in [1.82, 2.24) is 4.98 Å². The number of benzene rings is 2. The third-order valence-corrected chi connectivity index (χ3v) is 6.29. The zero-order valence-corrected chi connectivity index (χ0v) is 16.1. The van der Waals surface area contributed by atoms with Crippen molar-refractivity contribution in [3.63, 3.8) is 0 Å². The Morgan fingerprint density at radius 3 is 2.84 bits per heavy atom. The Kier molecular flexibility index (Phi) is 4.83. The van der Waals surface area contributed by atoms with Gasteiger partial charge in [-0.1, -0.05) is 28.1 Å². The SMILES string of the molecule is O=C(C[NH+]1CCC[C@@H]1c1nc2ccccc2s1)Nc1ccc(Br)cc1. The number of aromatic nitrogens is 1. The Labute approximate surface area is 159 Å². The molecule has 2 N–H and O–H groups in total. The first kappa shape index (κ1) is 16.7. The smallest absolute Gasteiger partial charge is 0.279 e. The first-order valence-electron chi connectivity index (χ1n) is 8.44. The van der Waals surface area contributed by atoms with Crippen LogP contribution in [0.3, 0.4) is 0 Å². The summed E-state index contributed by atoms with van der Waals surface area (Å²) in [6.45, 7) is 1.50. The molecule has 0 radical (unpaired) electrons. The van der Waals surface area contributed by atoms with E-state index in [1.807, 2.05) is 30.3 Å². The van der Waals surface area contributed by atoms with Gasteiger partial charge in [0.15, 0.2) is 11.6 Å². The lowest BCUT2D eigenvalue weighted by Crippen LogP contribution is -3.11. The minimum Gasteiger partial charge on any atom is -0.321 e. The standard InChI is InChI=1S/C19H18BrN3OS/c20-13-7-9-14(10-8-13)21-18(24)12-23-11-3-5-16(23)19-22-15-4-1-2-6-17(15)25-19/h1-2,4,6-10,16H,3,5,11-12H2,(H,21,24)/p+1/t16-/m1/s1. The number of likely N-dealkylation sites (tertiary alicyclic amines) is 1. The average molecular weight is 417 g/mol. The highest BCUT2D eigenvalue weighted by atomic mass is 79.9. The van der Waals surface area contributed by atoms with E-state index in [1.165, 1.54) is 9.60 Å². The van der Waals surface area contributed by atoms with Crippen molar-refractivity contribution in [2.24, 2.45) is 0 Å². The van der Waals surface area contributed by atoms with Crippen LogP contribution in [0.4, 0.5) is 5.69 Å². The van der Waals surface area contributed by atoms with Crippen LogP contribution in [0.2, 0.25) is 0 Å². The molecule has 0 saturated carbocycles. The first-order chi connectivity index (χ1) is 12.2. The Balaban J connectivity index is 1.45. The van der Waals surface area contributed by atoms with Crippen LogP contribution < -0.4 is 10.2 Å². The Morgan fingerprint density at radius 1 is 1.24 bits per heavy atom. The number of hydrogen-bond donors (Lipinski definition) is 2. The van der Waals surface area contributed by atoms with Crippen molar-refractivity contribution in [1.29, 1.82) is 0 Å². The van der Waals surface area contributed by atoms with E-state index >= 15 is 0 Å². The molecule has 4 rings (SSSR count). The van der Waals surface area contributed by atoms with E-state index < -0.39 is 0 Å². The molecular weight excluding hydrogens is 398 g/mol. The molecule has 4 nitrogen and oxygen atoms in total. The highest BCUT2D eigenvalue weighted by Crippen LogP contribution is 2.28. The van der Waals surface area contributed by atoms with Crippen LogP contribution in [0.5, 0.6) is 0 Å². The number of para-hydroxylation sites is 1. The van der Waals surface area contributed by atoms with Gasteiger partial charge >= 0.3 is 0 Å². The van der Waals surface area contributed by atoms with Gasteiger partial charge < -0.3 is 10.2 Å². The van der Waals surface area contributed by atoms with Crippen LogP contribution in [0.1, 0.15) is 23.9 Å². The maximum atomic E-state index is 12.4. The van der Waals surface area contributed by atoms with Gasteiger partial charge in [0.2, 0.25) is 0 Å². The highest BCUT2D eigenvalue weighted by Gasteiger charge is 2.33. The summed E-state index contributed by atoms with van der Waals surface area (Å²) >= 11 is 5.17. The molecule has 3 aromatic rings. The maximum Gasteiger partial charge on any atom is 0.279 e. The van der Waals surface area contributed by atoms with Gasteiger partial charge in [-0.05, 0) is 36.4 Å². The fraction of sp³-hybridized carbons (Fsp3) is 0.263. The average Bonchev–Trinajstić information content (AvgIpc) is 3.22. The van der Waals surface area contributed by atoms with Gasteiger partial charge in [0.05, 0.1) is 16.8 Å². The number of nitrogens with zero attached hydrogens (tertiary/aromatic N) is 1. The molecule has 1 aromatic heterocycles. The van der Waals surface area contributed by atoms with Crippen LogP contribution in [0, 0.1) is 0 Å². The fourth-order valence-electron chi connectivity index (χ4n) is 3.40. The molecule has 2 aromatic carbocycles. The molecule has 1 aliphatic rings. The number of carbonyl (C=O) groups is 1. The van der Waals surface area contributed by atoms with E-state index in [1.54, 1.807) is 11.3 Å². The molecule has 0 spiro atoms. The van der Waals surface area contributed by atoms with Crippen LogP contribution in [-0.2, 0) is 4.79 Å². The number of anilines is 1. The summed E-state index contributed by atoms with van der Waals surface area (Å²) in [5, 5.41) is 4.15. The van der Waals surface area contributed by atoms with Gasteiger partial charge in [-0.2, -0.15) is 0 Å². The number of hydrogen-bond acceptors (Lipinski definition) is 3. The second-order valence-electron chi connectivity index (χ2n) is 6.35. The minimum absolute atomic E-state index is 0.0605. The van der Waals surface area contributed by atoms with E-state index in [9.17, 15) is 4.79 Å². The van der Waals surface area contributed by atoms with Crippen LogP contribution >= 0.6 is 27.3 Å². The summed E-state index contributed by atoms with van der Waals surface area (Å²) in [5.41, 5.74) is 1.90. The molecule has 1 fully saturated rings. The molecule has 1 aliphatic heterocycles. The van der Waals surface area contributed by atoms with E-state index in [-0.39, 0.29) is 5.91 Å². The lowest BCUT2D eigenvalue weighted by atomic mass is 10.2. The Morgan fingerprint density at radius 2 is 2.04 bits per heavy atom. The molecule has 0 aliphatic carbocycles. The van der Waals surface area contributed by atoms with Gasteiger partial charge in [0, 0.05) is 23.0 Å². The Hall–Kier alpha value is -1.76. The van der Waals surface area contributed by atoms with Crippen LogP contribution in [0.25, 0.3) is 10.2 Å². The number of quaternary nitrogens is 1. The number of rotatable bonds is 4. The molecule has 1 saturated heterocycles. The van der Waals surface area contributed by atoms with E-state index in [0.29, 0.717) is 12.6 Å². The summed E-state index contributed by atoms with van der Waals surface area (Å²) in [6.07, 6.45) is 2.24. The summed E-state index contributed by atoms with van der Waals surface area (Å²) in [7, 11) is 0. The molecule has 1 amide bonds. The molecule has 25 heavy (non-hydrogen) atoms. The van der Waals surface area contributed by atoms with Gasteiger partial charge in [-0.3, -0.25) is 4.79 Å². The molecule has 6 heteroatoms. The minimum atomic E-state index is 0.0605. The van der Waals surface area contributed by atoms with Crippen molar-refractivity contribution in [3.05, 3.63) is 58.0 Å². The molecule has 2 heterocycles. The van der Waals surface area contributed by atoms with Crippen molar-refractivity contribution >= 4 is 49.1 Å². The summed E-state index contributed by atoms with van der Waals surface area (Å²) in [6, 6.07) is 16.3. The van der Waals surface area contributed by atoms with Crippen LogP contribution in [0.15, 0.2) is 53.0 Å². The van der Waals surface area contributed by atoms with E-state index in [4.69, 9.17) is 4.98 Å². The van der Waals surface area contributed by atoms with Gasteiger partial charge in [-0.25, -0.2) is 4.98 Å². The van der Waals surface area contributed by atoms with Gasteiger partial charge in [0.25, 0.3) is 5.91 Å². The van der Waals surface area contributed by atoms with Crippen molar-refractivity contribution in [3.8, 4) is 0 Å². The quantitative estimate of drug-likeness (QED) is 0.684. The van der Waals surface area contributed by atoms with Crippen molar-refractivity contribution in [2.75, 3.05) is 18.4 Å². The number of nitrogens with one attached hydrogen (secondary N) is 2. The zero-order chi connectivity index (χ0) is 17.2. The second-order valence-corrected chi connectivity index (χ2v) is 8.33. The summed E-state index contributed by atoms with van der Waals surface area (Å²) < 4.78 is 2.23. The first-order valence-corrected chi connectivity index (χ1v) is 10.1.